The molecule has 0 heterocycles. The Morgan fingerprint density at radius 2 is 2.00 bits per heavy atom. The molecule has 2 unspecified atom stereocenters. The number of esters is 1. The molecule has 0 spiro atoms. The summed E-state index contributed by atoms with van der Waals surface area (Å²) < 4.78 is 4.76. The molecule has 0 aliphatic heterocycles. The summed E-state index contributed by atoms with van der Waals surface area (Å²) in [5, 5.41) is 13.1. The summed E-state index contributed by atoms with van der Waals surface area (Å²) in [5.74, 6) is 0.338. The maximum absolute atomic E-state index is 11.5. The van der Waals surface area contributed by atoms with Crippen molar-refractivity contribution in [2.24, 2.45) is 11.8 Å². The lowest BCUT2D eigenvalue weighted by molar-refractivity contribution is -0.146. The van der Waals surface area contributed by atoms with Gasteiger partial charge in [-0.2, -0.15) is 0 Å². The predicted molar refractivity (Wildman–Crippen MR) is 71.2 cm³/mol. The number of ether oxygens (including phenoxy) is 1. The molecule has 1 rings (SSSR count). The number of hydrogen-bond acceptors (Lipinski definition) is 4. The highest BCUT2D eigenvalue weighted by atomic mass is 16.5. The lowest BCUT2D eigenvalue weighted by Gasteiger charge is -2.41. The molecule has 0 saturated heterocycles. The molecule has 4 nitrogen and oxygen atoms in total. The number of aliphatic hydroxyl groups excluding tert-OH is 1. The van der Waals surface area contributed by atoms with E-state index >= 15 is 0 Å². The molecule has 1 aliphatic carbocycles. The molecule has 0 radical (unpaired) electrons. The van der Waals surface area contributed by atoms with Gasteiger partial charge < -0.3 is 15.2 Å². The standard InChI is InChI=1S/C14H27NO3/c1-10-5-7-14(9-16,8-6-10)15-12(3)11(2)13(17)18-4/h10-12,15-16H,5-9H2,1-4H3. The van der Waals surface area contributed by atoms with Crippen molar-refractivity contribution >= 4 is 5.97 Å². The van der Waals surface area contributed by atoms with E-state index in [1.807, 2.05) is 13.8 Å². The normalized spacial score (nSPS) is 31.7. The van der Waals surface area contributed by atoms with Crippen LogP contribution in [0.25, 0.3) is 0 Å². The molecule has 0 aromatic heterocycles. The first-order valence-electron chi connectivity index (χ1n) is 6.90. The third-order valence-corrected chi connectivity index (χ3v) is 4.39. The van der Waals surface area contributed by atoms with Gasteiger partial charge in [-0.05, 0) is 38.5 Å². The number of methoxy groups -OCH3 is 1. The van der Waals surface area contributed by atoms with Crippen LogP contribution in [0.2, 0.25) is 0 Å². The summed E-state index contributed by atoms with van der Waals surface area (Å²) in [6.07, 6.45) is 4.21. The van der Waals surface area contributed by atoms with Crippen LogP contribution < -0.4 is 5.32 Å². The van der Waals surface area contributed by atoms with Gasteiger partial charge in [0.1, 0.15) is 0 Å². The van der Waals surface area contributed by atoms with Crippen molar-refractivity contribution in [3.63, 3.8) is 0 Å². The van der Waals surface area contributed by atoms with Gasteiger partial charge in [0, 0.05) is 11.6 Å². The third-order valence-electron chi connectivity index (χ3n) is 4.39. The van der Waals surface area contributed by atoms with Crippen LogP contribution in [0.15, 0.2) is 0 Å². The zero-order valence-electron chi connectivity index (χ0n) is 12.0. The first-order chi connectivity index (χ1) is 8.44. The van der Waals surface area contributed by atoms with Gasteiger partial charge in [-0.3, -0.25) is 4.79 Å². The highest BCUT2D eigenvalue weighted by Gasteiger charge is 2.36. The van der Waals surface area contributed by atoms with Gasteiger partial charge in [0.05, 0.1) is 19.6 Å². The predicted octanol–water partition coefficient (Wildman–Crippen LogP) is 1.71. The molecule has 0 amide bonds. The Kier molecular flexibility index (Phi) is 5.60. The number of aliphatic hydroxyl groups is 1. The zero-order chi connectivity index (χ0) is 13.8. The number of hydrogen-bond donors (Lipinski definition) is 2. The monoisotopic (exact) mass is 257 g/mol. The fourth-order valence-corrected chi connectivity index (χ4v) is 2.66. The van der Waals surface area contributed by atoms with E-state index in [-0.39, 0.29) is 30.1 Å². The lowest BCUT2D eigenvalue weighted by Crippen LogP contribution is -2.56. The minimum atomic E-state index is -0.214. The van der Waals surface area contributed by atoms with E-state index in [0.29, 0.717) is 0 Å². The van der Waals surface area contributed by atoms with Crippen LogP contribution in [0, 0.1) is 11.8 Å². The summed E-state index contributed by atoms with van der Waals surface area (Å²) >= 11 is 0. The summed E-state index contributed by atoms with van der Waals surface area (Å²) in [4.78, 5) is 11.5. The smallest absolute Gasteiger partial charge is 0.309 e. The minimum absolute atomic E-state index is 0.0120. The number of carbonyl (C=O) groups excluding carboxylic acids is 1. The van der Waals surface area contributed by atoms with Crippen molar-refractivity contribution in [1.29, 1.82) is 0 Å². The fraction of sp³-hybridized carbons (Fsp3) is 0.929. The molecule has 1 aliphatic rings. The largest absolute Gasteiger partial charge is 0.469 e. The number of carbonyl (C=O) groups is 1. The Morgan fingerprint density at radius 1 is 1.44 bits per heavy atom. The summed E-state index contributed by atoms with van der Waals surface area (Å²) in [6, 6.07) is 0.0120. The molecule has 1 saturated carbocycles. The van der Waals surface area contributed by atoms with E-state index in [4.69, 9.17) is 4.74 Å². The maximum Gasteiger partial charge on any atom is 0.309 e. The Labute approximate surface area is 110 Å². The minimum Gasteiger partial charge on any atom is -0.469 e. The third kappa shape index (κ3) is 3.69. The van der Waals surface area contributed by atoms with Gasteiger partial charge in [-0.25, -0.2) is 0 Å². The van der Waals surface area contributed by atoms with Gasteiger partial charge in [0.2, 0.25) is 0 Å². The van der Waals surface area contributed by atoms with E-state index in [1.165, 1.54) is 7.11 Å². The van der Waals surface area contributed by atoms with Gasteiger partial charge >= 0.3 is 5.97 Å². The second kappa shape index (κ2) is 6.53. The molecule has 106 valence electrons. The van der Waals surface area contributed by atoms with Gasteiger partial charge in [0.15, 0.2) is 0 Å². The van der Waals surface area contributed by atoms with Crippen molar-refractivity contribution in [2.45, 2.75) is 58.0 Å². The fourth-order valence-electron chi connectivity index (χ4n) is 2.66. The van der Waals surface area contributed by atoms with Crippen LogP contribution in [-0.4, -0.2) is 36.4 Å². The van der Waals surface area contributed by atoms with Crippen LogP contribution in [0.1, 0.15) is 46.5 Å². The van der Waals surface area contributed by atoms with Crippen molar-refractivity contribution in [2.75, 3.05) is 13.7 Å². The van der Waals surface area contributed by atoms with E-state index in [0.717, 1.165) is 31.6 Å². The average Bonchev–Trinajstić information content (AvgIpc) is 2.39. The first kappa shape index (κ1) is 15.4. The van der Waals surface area contributed by atoms with Crippen LogP contribution in [-0.2, 0) is 9.53 Å². The van der Waals surface area contributed by atoms with Crippen LogP contribution in [0.3, 0.4) is 0 Å². The van der Waals surface area contributed by atoms with E-state index in [1.54, 1.807) is 0 Å². The SMILES string of the molecule is COC(=O)C(C)C(C)NC1(CO)CCC(C)CC1. The topological polar surface area (TPSA) is 58.6 Å². The summed E-state index contributed by atoms with van der Waals surface area (Å²) in [7, 11) is 1.41. The highest BCUT2D eigenvalue weighted by molar-refractivity contribution is 5.72. The van der Waals surface area contributed by atoms with Gasteiger partial charge in [0.25, 0.3) is 0 Å². The van der Waals surface area contributed by atoms with Crippen molar-refractivity contribution in [3.8, 4) is 0 Å². The first-order valence-corrected chi connectivity index (χ1v) is 6.90. The molecule has 2 atom stereocenters. The molecule has 18 heavy (non-hydrogen) atoms. The summed E-state index contributed by atoms with van der Waals surface area (Å²) in [5.41, 5.74) is -0.214. The van der Waals surface area contributed by atoms with Gasteiger partial charge in [-0.1, -0.05) is 13.8 Å². The second-order valence-electron chi connectivity index (χ2n) is 5.87. The van der Waals surface area contributed by atoms with E-state index in [9.17, 15) is 9.90 Å². The molecule has 0 aromatic rings. The molecule has 0 bridgehead atoms. The van der Waals surface area contributed by atoms with Crippen molar-refractivity contribution in [1.82, 2.24) is 5.32 Å². The Morgan fingerprint density at radius 3 is 2.44 bits per heavy atom. The Balaban J connectivity index is 2.60. The molecule has 2 N–H and O–H groups in total. The van der Waals surface area contributed by atoms with Crippen LogP contribution >= 0.6 is 0 Å². The number of nitrogens with one attached hydrogen (secondary N) is 1. The molecule has 0 aromatic carbocycles. The maximum atomic E-state index is 11.5. The van der Waals surface area contributed by atoms with Crippen molar-refractivity contribution in [3.05, 3.63) is 0 Å². The molecular weight excluding hydrogens is 230 g/mol. The zero-order valence-corrected chi connectivity index (χ0v) is 12.0. The van der Waals surface area contributed by atoms with Crippen LogP contribution in [0.5, 0.6) is 0 Å². The second-order valence-corrected chi connectivity index (χ2v) is 5.87. The Bertz CT molecular complexity index is 272. The molecular formula is C14H27NO3. The number of rotatable bonds is 5. The molecule has 1 fully saturated rings. The molecule has 4 heteroatoms. The quantitative estimate of drug-likeness (QED) is 0.736. The van der Waals surface area contributed by atoms with Gasteiger partial charge in [-0.15, -0.1) is 0 Å². The van der Waals surface area contributed by atoms with E-state index in [2.05, 4.69) is 12.2 Å². The highest BCUT2D eigenvalue weighted by Crippen LogP contribution is 2.32. The Hall–Kier alpha value is -0.610. The van der Waals surface area contributed by atoms with Crippen molar-refractivity contribution < 1.29 is 14.6 Å². The van der Waals surface area contributed by atoms with Crippen LogP contribution in [0.4, 0.5) is 0 Å². The van der Waals surface area contributed by atoms with E-state index < -0.39 is 0 Å². The average molecular weight is 257 g/mol. The summed E-state index contributed by atoms with van der Waals surface area (Å²) in [6.45, 7) is 6.23. The lowest BCUT2D eigenvalue weighted by atomic mass is 9.77.